The number of nitrogens with zero attached hydrogens (tertiary/aromatic N) is 2. The third-order valence-corrected chi connectivity index (χ3v) is 6.29. The Hall–Kier alpha value is -1.73. The lowest BCUT2D eigenvalue weighted by atomic mass is 10.2. The lowest BCUT2D eigenvalue weighted by molar-refractivity contribution is -0.115. The first-order valence-electron chi connectivity index (χ1n) is 8.27. The fourth-order valence-electron chi connectivity index (χ4n) is 2.53. The summed E-state index contributed by atoms with van der Waals surface area (Å²) in [5.41, 5.74) is 1.79. The van der Waals surface area contributed by atoms with Crippen LogP contribution in [-0.2, 0) is 11.8 Å². The molecule has 0 saturated heterocycles. The molecule has 0 aliphatic rings. The largest absolute Gasteiger partial charge is 0.324 e. The Labute approximate surface area is 181 Å². The molecule has 1 amide bonds. The van der Waals surface area contributed by atoms with E-state index in [1.807, 2.05) is 19.1 Å². The molecule has 1 aromatic heterocycles. The minimum absolute atomic E-state index is 0.156. The van der Waals surface area contributed by atoms with E-state index >= 15 is 0 Å². The minimum Gasteiger partial charge on any atom is -0.324 e. The molecule has 0 aliphatic heterocycles. The van der Waals surface area contributed by atoms with Crippen molar-refractivity contribution in [3.05, 3.63) is 61.3 Å². The molecule has 146 valence electrons. The van der Waals surface area contributed by atoms with Crippen molar-refractivity contribution in [2.45, 2.75) is 24.3 Å². The van der Waals surface area contributed by atoms with Gasteiger partial charge in [0.15, 0.2) is 5.16 Å². The number of hydrogen-bond acceptors (Lipinski definition) is 4. The number of carbonyl (C=O) groups excluding carboxylic acids is 1. The molecule has 0 bridgehead atoms. The van der Waals surface area contributed by atoms with Crippen molar-refractivity contribution in [1.82, 2.24) is 9.55 Å². The normalized spacial score (nSPS) is 12.2. The number of rotatable bonds is 4. The number of benzene rings is 2. The topological polar surface area (TPSA) is 64.0 Å². The van der Waals surface area contributed by atoms with Gasteiger partial charge < -0.3 is 5.32 Å². The summed E-state index contributed by atoms with van der Waals surface area (Å²) >= 11 is 19.2. The van der Waals surface area contributed by atoms with Gasteiger partial charge in [0.2, 0.25) is 5.91 Å². The average Bonchev–Trinajstić information content (AvgIpc) is 2.64. The summed E-state index contributed by atoms with van der Waals surface area (Å²) in [5, 5.41) is 4.06. The SMILES string of the molecule is Cc1ccc2nc(SC(C)C(=O)Nc3cc(Cl)c(Cl)cc3Cl)n(C)c(=O)c2c1. The van der Waals surface area contributed by atoms with E-state index in [4.69, 9.17) is 34.8 Å². The van der Waals surface area contributed by atoms with Gasteiger partial charge in [0.1, 0.15) is 0 Å². The third kappa shape index (κ3) is 4.30. The van der Waals surface area contributed by atoms with Crippen LogP contribution in [0.5, 0.6) is 0 Å². The van der Waals surface area contributed by atoms with E-state index in [1.54, 1.807) is 20.0 Å². The van der Waals surface area contributed by atoms with E-state index in [0.29, 0.717) is 26.8 Å². The Bertz CT molecular complexity index is 1150. The summed E-state index contributed by atoms with van der Waals surface area (Å²) < 4.78 is 1.45. The van der Waals surface area contributed by atoms with Crippen LogP contribution in [0.4, 0.5) is 5.69 Å². The number of halogens is 3. The van der Waals surface area contributed by atoms with Crippen LogP contribution in [0.15, 0.2) is 40.3 Å². The number of nitrogens with one attached hydrogen (secondary N) is 1. The van der Waals surface area contributed by atoms with Gasteiger partial charge in [-0.15, -0.1) is 0 Å². The van der Waals surface area contributed by atoms with E-state index in [2.05, 4.69) is 10.3 Å². The van der Waals surface area contributed by atoms with Crippen molar-refractivity contribution in [3.63, 3.8) is 0 Å². The van der Waals surface area contributed by atoms with Crippen molar-refractivity contribution in [2.24, 2.45) is 7.05 Å². The number of fused-ring (bicyclic) bond motifs is 1. The molecule has 0 aliphatic carbocycles. The van der Waals surface area contributed by atoms with Gasteiger partial charge in [-0.25, -0.2) is 4.98 Å². The third-order valence-electron chi connectivity index (χ3n) is 4.11. The van der Waals surface area contributed by atoms with Gasteiger partial charge in [0.25, 0.3) is 5.56 Å². The van der Waals surface area contributed by atoms with Crippen molar-refractivity contribution in [2.75, 3.05) is 5.32 Å². The number of aromatic nitrogens is 2. The van der Waals surface area contributed by atoms with Crippen LogP contribution in [0.25, 0.3) is 10.9 Å². The summed E-state index contributed by atoms with van der Waals surface area (Å²) in [4.78, 5) is 29.7. The number of carbonyl (C=O) groups is 1. The zero-order valence-electron chi connectivity index (χ0n) is 15.2. The fraction of sp³-hybridized carbons (Fsp3) is 0.211. The Balaban J connectivity index is 1.84. The first kappa shape index (κ1) is 21.0. The maximum Gasteiger partial charge on any atom is 0.261 e. The summed E-state index contributed by atoms with van der Waals surface area (Å²) in [6.07, 6.45) is 0. The van der Waals surface area contributed by atoms with Gasteiger partial charge in [0.05, 0.1) is 36.9 Å². The Morgan fingerprint density at radius 1 is 1.14 bits per heavy atom. The van der Waals surface area contributed by atoms with E-state index in [0.717, 1.165) is 5.56 Å². The van der Waals surface area contributed by atoms with Crippen LogP contribution in [-0.4, -0.2) is 20.7 Å². The average molecular weight is 457 g/mol. The lowest BCUT2D eigenvalue weighted by Crippen LogP contribution is -2.25. The van der Waals surface area contributed by atoms with E-state index < -0.39 is 5.25 Å². The molecule has 28 heavy (non-hydrogen) atoms. The van der Waals surface area contributed by atoms with Gasteiger partial charge >= 0.3 is 0 Å². The number of hydrogen-bond donors (Lipinski definition) is 1. The van der Waals surface area contributed by atoms with E-state index in [-0.39, 0.29) is 21.5 Å². The van der Waals surface area contributed by atoms with Crippen molar-refractivity contribution < 1.29 is 4.79 Å². The highest BCUT2D eigenvalue weighted by atomic mass is 35.5. The number of anilines is 1. The maximum absolute atomic E-state index is 12.6. The molecule has 1 unspecified atom stereocenters. The zero-order valence-corrected chi connectivity index (χ0v) is 18.3. The predicted octanol–water partition coefficient (Wildman–Crippen LogP) is 5.32. The van der Waals surface area contributed by atoms with Crippen molar-refractivity contribution in [1.29, 1.82) is 0 Å². The molecule has 1 N–H and O–H groups in total. The number of amides is 1. The van der Waals surface area contributed by atoms with Crippen LogP contribution in [0.1, 0.15) is 12.5 Å². The van der Waals surface area contributed by atoms with Crippen LogP contribution in [0.3, 0.4) is 0 Å². The molecule has 1 heterocycles. The van der Waals surface area contributed by atoms with Gasteiger partial charge in [-0.3, -0.25) is 14.2 Å². The first-order chi connectivity index (χ1) is 13.2. The monoisotopic (exact) mass is 455 g/mol. The van der Waals surface area contributed by atoms with Crippen molar-refractivity contribution >= 4 is 69.1 Å². The minimum atomic E-state index is -0.536. The maximum atomic E-state index is 12.6. The first-order valence-corrected chi connectivity index (χ1v) is 10.3. The standard InChI is InChI=1S/C19H16Cl3N3O2S/c1-9-4-5-15-11(6-9)18(27)25(3)19(24-15)28-10(2)17(26)23-16-8-13(21)12(20)7-14(16)22/h4-8,10H,1-3H3,(H,23,26). The smallest absolute Gasteiger partial charge is 0.261 e. The Kier molecular flexibility index (Phi) is 6.25. The second-order valence-corrected chi connectivity index (χ2v) is 8.80. The second-order valence-electron chi connectivity index (χ2n) is 6.27. The number of thioether (sulfide) groups is 1. The quantitative estimate of drug-likeness (QED) is 0.328. The van der Waals surface area contributed by atoms with E-state index in [9.17, 15) is 9.59 Å². The molecular weight excluding hydrogens is 441 g/mol. The number of aryl methyl sites for hydroxylation is 1. The highest BCUT2D eigenvalue weighted by molar-refractivity contribution is 8.00. The summed E-state index contributed by atoms with van der Waals surface area (Å²) in [6, 6.07) is 8.47. The van der Waals surface area contributed by atoms with Crippen LogP contribution < -0.4 is 10.9 Å². The summed E-state index contributed by atoms with van der Waals surface area (Å²) in [5.74, 6) is -0.302. The zero-order chi connectivity index (χ0) is 20.6. The fourth-order valence-corrected chi connectivity index (χ4v) is 4.00. The van der Waals surface area contributed by atoms with Gasteiger partial charge in [-0.1, -0.05) is 58.2 Å². The molecule has 5 nitrogen and oxygen atoms in total. The highest BCUT2D eigenvalue weighted by Crippen LogP contribution is 2.33. The van der Waals surface area contributed by atoms with Crippen molar-refractivity contribution in [3.8, 4) is 0 Å². The lowest BCUT2D eigenvalue weighted by Gasteiger charge is -2.15. The van der Waals surface area contributed by atoms with Gasteiger partial charge in [0, 0.05) is 7.05 Å². The molecule has 9 heteroatoms. The Morgan fingerprint density at radius 2 is 1.82 bits per heavy atom. The van der Waals surface area contributed by atoms with Gasteiger partial charge in [-0.05, 0) is 38.1 Å². The van der Waals surface area contributed by atoms with Crippen LogP contribution >= 0.6 is 46.6 Å². The second kappa shape index (κ2) is 8.33. The summed E-state index contributed by atoms with van der Waals surface area (Å²) in [7, 11) is 1.64. The van der Waals surface area contributed by atoms with Gasteiger partial charge in [-0.2, -0.15) is 0 Å². The molecule has 0 fully saturated rings. The molecule has 3 aromatic rings. The molecule has 0 spiro atoms. The molecule has 1 atom stereocenters. The molecule has 2 aromatic carbocycles. The molecule has 0 radical (unpaired) electrons. The molecule has 0 saturated carbocycles. The van der Waals surface area contributed by atoms with E-state index in [1.165, 1.54) is 28.5 Å². The van der Waals surface area contributed by atoms with Crippen LogP contribution in [0, 0.1) is 6.92 Å². The van der Waals surface area contributed by atoms with Crippen LogP contribution in [0.2, 0.25) is 15.1 Å². The highest BCUT2D eigenvalue weighted by Gasteiger charge is 2.20. The molecule has 3 rings (SSSR count). The Morgan fingerprint density at radius 3 is 2.54 bits per heavy atom. The summed E-state index contributed by atoms with van der Waals surface area (Å²) in [6.45, 7) is 3.64. The molecular formula is C19H16Cl3N3O2S. The predicted molar refractivity (Wildman–Crippen MR) is 117 cm³/mol.